The van der Waals surface area contributed by atoms with E-state index >= 15 is 0 Å². The van der Waals surface area contributed by atoms with Crippen molar-refractivity contribution in [3.8, 4) is 0 Å². The maximum atomic E-state index is 13.1. The van der Waals surface area contributed by atoms with Crippen LogP contribution >= 0.6 is 7.82 Å². The summed E-state index contributed by atoms with van der Waals surface area (Å²) in [4.78, 5) is 96.1. The fraction of sp³-hybridized carbons (Fsp3) is 0.825. The lowest BCUT2D eigenvalue weighted by molar-refractivity contribution is -0.158. The fourth-order valence-electron chi connectivity index (χ4n) is 5.70. The van der Waals surface area contributed by atoms with Gasteiger partial charge in [-0.3, -0.25) is 47.5 Å². The summed E-state index contributed by atoms with van der Waals surface area (Å²) in [5, 5.41) is 8.47. The Bertz CT molecular complexity index is 1520. The Kier molecular flexibility index (Phi) is 22.6. The molecule has 19 nitrogen and oxygen atoms in total. The van der Waals surface area contributed by atoms with E-state index in [0.717, 1.165) is 13.8 Å². The van der Waals surface area contributed by atoms with Gasteiger partial charge in [-0.25, -0.2) is 4.57 Å². The molecule has 1 aliphatic rings. The number of ether oxygens (including phenoxy) is 4. The van der Waals surface area contributed by atoms with E-state index in [2.05, 4.69) is 16.0 Å². The molecule has 4 N–H and O–H groups in total. The first-order valence-corrected chi connectivity index (χ1v) is 22.0. The molecule has 60 heavy (non-hydrogen) atoms. The molecule has 0 radical (unpaired) electrons. The van der Waals surface area contributed by atoms with Crippen LogP contribution in [0.25, 0.3) is 0 Å². The van der Waals surface area contributed by atoms with Crippen LogP contribution < -0.4 is 16.0 Å². The first kappa shape index (κ1) is 54.5. The number of imide groups is 1. The Morgan fingerprint density at radius 3 is 1.75 bits per heavy atom. The van der Waals surface area contributed by atoms with Gasteiger partial charge in [0.05, 0.1) is 24.4 Å². The van der Waals surface area contributed by atoms with E-state index in [4.69, 9.17) is 28.0 Å². The summed E-state index contributed by atoms with van der Waals surface area (Å²) < 4.78 is 43.8. The number of esters is 2. The van der Waals surface area contributed by atoms with E-state index in [1.807, 2.05) is 48.5 Å². The van der Waals surface area contributed by atoms with Crippen molar-refractivity contribution >= 4 is 49.3 Å². The molecule has 2 unspecified atom stereocenters. The van der Waals surface area contributed by atoms with Gasteiger partial charge in [0, 0.05) is 82.8 Å². The Labute approximate surface area is 355 Å². The van der Waals surface area contributed by atoms with Gasteiger partial charge in [-0.2, -0.15) is 0 Å². The van der Waals surface area contributed by atoms with Gasteiger partial charge in [-0.05, 0) is 59.8 Å². The number of nitrogens with one attached hydrogen (secondary N) is 3. The number of phosphoric acid groups is 1. The predicted octanol–water partition coefficient (Wildman–Crippen LogP) is 3.34. The van der Waals surface area contributed by atoms with Gasteiger partial charge in [0.1, 0.15) is 6.61 Å². The molecule has 0 bridgehead atoms. The second-order valence-electron chi connectivity index (χ2n) is 17.4. The van der Waals surface area contributed by atoms with E-state index in [-0.39, 0.29) is 81.2 Å². The molecule has 1 rings (SSSR count). The Morgan fingerprint density at radius 2 is 1.27 bits per heavy atom. The lowest BCUT2D eigenvalue weighted by Crippen LogP contribution is -2.42. The second kappa shape index (κ2) is 24.8. The van der Waals surface area contributed by atoms with Crippen LogP contribution in [0.4, 0.5) is 0 Å². The number of hydrogen-bond donors (Lipinski definition) is 4. The lowest BCUT2D eigenvalue weighted by Gasteiger charge is -2.31. The summed E-state index contributed by atoms with van der Waals surface area (Å²) in [6.07, 6.45) is 1.57. The standard InChI is InChI=1S/C40H71N4O15P/c1-12-30-25-33(48)44(34(30)49)21-13-32(47)41-18-14-39(8,9)55-22-16-37(4,5)35(50)42-19-15-40(10,11)56-23-17-38(6,7)36(51)43-20-24-57-60(52,53)58-27-31(59-29(3)46)26-54-28(2)45/h30-31H,12-27H2,1-11H3,(H,41,47)(H,42,50)(H,43,51)(H,52,53)/t30?,31-/m1/s1. The molecule has 5 amide bonds. The Morgan fingerprint density at radius 1 is 0.750 bits per heavy atom. The zero-order chi connectivity index (χ0) is 46.0. The Hall–Kier alpha value is -3.48. The van der Waals surface area contributed by atoms with Crippen molar-refractivity contribution in [2.45, 2.75) is 138 Å². The largest absolute Gasteiger partial charge is 0.472 e. The van der Waals surface area contributed by atoms with Crippen molar-refractivity contribution in [2.75, 3.05) is 59.2 Å². The third-order valence-electron chi connectivity index (χ3n) is 9.99. The molecule has 0 aliphatic carbocycles. The normalized spacial score (nSPS) is 16.5. The van der Waals surface area contributed by atoms with Gasteiger partial charge in [0.15, 0.2) is 6.10 Å². The molecule has 0 aromatic heterocycles. The molecular weight excluding hydrogens is 807 g/mol. The van der Waals surface area contributed by atoms with Crippen molar-refractivity contribution in [3.05, 3.63) is 0 Å². The van der Waals surface area contributed by atoms with E-state index in [9.17, 15) is 43.0 Å². The summed E-state index contributed by atoms with van der Waals surface area (Å²) in [5.41, 5.74) is -2.77. The van der Waals surface area contributed by atoms with E-state index < -0.39 is 54.5 Å². The van der Waals surface area contributed by atoms with Crippen LogP contribution in [0, 0.1) is 16.7 Å². The van der Waals surface area contributed by atoms with Gasteiger partial charge in [-0.15, -0.1) is 0 Å². The monoisotopic (exact) mass is 878 g/mol. The van der Waals surface area contributed by atoms with Crippen LogP contribution in [-0.2, 0) is 66.1 Å². The van der Waals surface area contributed by atoms with E-state index in [1.165, 1.54) is 4.90 Å². The van der Waals surface area contributed by atoms with Gasteiger partial charge in [-0.1, -0.05) is 34.6 Å². The summed E-state index contributed by atoms with van der Waals surface area (Å²) in [5.74, 6) is -2.79. The van der Waals surface area contributed by atoms with Crippen LogP contribution in [0.1, 0.15) is 121 Å². The molecule has 1 aliphatic heterocycles. The molecule has 20 heteroatoms. The number of likely N-dealkylation sites (tertiary alicyclic amines) is 1. The van der Waals surface area contributed by atoms with Crippen LogP contribution in [0.15, 0.2) is 0 Å². The van der Waals surface area contributed by atoms with Crippen LogP contribution in [0.2, 0.25) is 0 Å². The smallest absolute Gasteiger partial charge is 0.462 e. The topological polar surface area (TPSA) is 251 Å². The molecule has 1 fully saturated rings. The average molecular weight is 879 g/mol. The maximum Gasteiger partial charge on any atom is 0.472 e. The van der Waals surface area contributed by atoms with Crippen molar-refractivity contribution in [3.63, 3.8) is 0 Å². The predicted molar refractivity (Wildman–Crippen MR) is 219 cm³/mol. The lowest BCUT2D eigenvalue weighted by atomic mass is 9.88. The minimum Gasteiger partial charge on any atom is -0.462 e. The quantitative estimate of drug-likeness (QED) is 0.0350. The second-order valence-corrected chi connectivity index (χ2v) is 18.9. The summed E-state index contributed by atoms with van der Waals surface area (Å²) in [7, 11) is -4.58. The van der Waals surface area contributed by atoms with Crippen LogP contribution in [0.5, 0.6) is 0 Å². The number of amides is 5. The molecule has 1 saturated heterocycles. The highest BCUT2D eigenvalue weighted by molar-refractivity contribution is 7.47. The summed E-state index contributed by atoms with van der Waals surface area (Å²) >= 11 is 0. The van der Waals surface area contributed by atoms with Gasteiger partial charge >= 0.3 is 19.8 Å². The zero-order valence-corrected chi connectivity index (χ0v) is 38.4. The van der Waals surface area contributed by atoms with E-state index in [0.29, 0.717) is 51.8 Å². The van der Waals surface area contributed by atoms with Gasteiger partial charge in [0.25, 0.3) is 0 Å². The number of phosphoric ester groups is 1. The molecule has 0 spiro atoms. The van der Waals surface area contributed by atoms with Crippen molar-refractivity contribution < 1.29 is 71.0 Å². The molecule has 0 saturated carbocycles. The summed E-state index contributed by atoms with van der Waals surface area (Å²) in [6.45, 7) is 18.8. The first-order valence-electron chi connectivity index (χ1n) is 20.5. The number of hydrogen-bond acceptors (Lipinski definition) is 14. The third-order valence-corrected chi connectivity index (χ3v) is 11.0. The van der Waals surface area contributed by atoms with Crippen molar-refractivity contribution in [2.24, 2.45) is 16.7 Å². The highest BCUT2D eigenvalue weighted by Crippen LogP contribution is 2.43. The molecule has 0 aromatic rings. The van der Waals surface area contributed by atoms with Gasteiger partial charge in [0.2, 0.25) is 29.5 Å². The minimum atomic E-state index is -4.58. The molecule has 3 atom stereocenters. The number of rotatable bonds is 30. The van der Waals surface area contributed by atoms with Crippen molar-refractivity contribution in [1.82, 2.24) is 20.9 Å². The number of carbonyl (C=O) groups is 7. The molecule has 1 heterocycles. The molecule has 346 valence electrons. The van der Waals surface area contributed by atoms with E-state index in [1.54, 1.807) is 13.8 Å². The summed E-state index contributed by atoms with van der Waals surface area (Å²) in [6, 6.07) is 0. The third kappa shape index (κ3) is 21.9. The maximum absolute atomic E-state index is 13.1. The number of carbonyl (C=O) groups excluding carboxylic acids is 7. The highest BCUT2D eigenvalue weighted by Gasteiger charge is 2.37. The zero-order valence-electron chi connectivity index (χ0n) is 37.5. The minimum absolute atomic E-state index is 0.0451. The first-order chi connectivity index (χ1) is 27.6. The Balaban J connectivity index is 2.35. The highest BCUT2D eigenvalue weighted by atomic mass is 31.2. The van der Waals surface area contributed by atoms with Gasteiger partial charge < -0.3 is 39.8 Å². The molecule has 0 aromatic carbocycles. The van der Waals surface area contributed by atoms with Crippen molar-refractivity contribution in [1.29, 1.82) is 0 Å². The number of nitrogens with zero attached hydrogens (tertiary/aromatic N) is 1. The fourth-order valence-corrected chi connectivity index (χ4v) is 6.45. The average Bonchev–Trinajstić information content (AvgIpc) is 3.40. The SMILES string of the molecule is CCC1CC(=O)N(CCC(=O)NCCC(C)(C)OCCC(C)(C)C(=O)NCCC(C)(C)OCCC(C)(C)C(=O)NCCOP(=O)(O)OC[C@@H](COC(C)=O)OC(C)=O)C1=O. The van der Waals surface area contributed by atoms with Crippen LogP contribution in [0.3, 0.4) is 0 Å². The van der Waals surface area contributed by atoms with Crippen LogP contribution in [-0.4, -0.2) is 128 Å². The molecular formula is C40H71N4O15P.